The normalized spacial score (nSPS) is 18.6. The lowest BCUT2D eigenvalue weighted by molar-refractivity contribution is -0.142. The van der Waals surface area contributed by atoms with Gasteiger partial charge in [-0.05, 0) is 18.6 Å². The van der Waals surface area contributed by atoms with Gasteiger partial charge in [0.25, 0.3) is 0 Å². The third kappa shape index (κ3) is 1.71. The Morgan fingerprint density at radius 3 is 3.11 bits per heavy atom. The molecule has 0 amide bonds. The first-order valence-corrected chi connectivity index (χ1v) is 6.06. The Morgan fingerprint density at radius 1 is 1.61 bits per heavy atom. The van der Waals surface area contributed by atoms with Crippen LogP contribution in [0.2, 0.25) is 5.15 Å². The average Bonchev–Trinajstić information content (AvgIpc) is 2.97. The quantitative estimate of drug-likeness (QED) is 0.906. The molecule has 0 bridgehead atoms. The van der Waals surface area contributed by atoms with Gasteiger partial charge in [0.1, 0.15) is 0 Å². The summed E-state index contributed by atoms with van der Waals surface area (Å²) >= 11 is 6.08. The monoisotopic (exact) mass is 266 g/mol. The number of hydrogen-bond donors (Lipinski definition) is 1. The molecule has 0 fully saturated rings. The predicted octanol–water partition coefficient (Wildman–Crippen LogP) is 2.44. The molecular weight excluding hydrogens is 256 g/mol. The summed E-state index contributed by atoms with van der Waals surface area (Å²) in [5, 5.41) is 9.42. The molecule has 0 spiro atoms. The van der Waals surface area contributed by atoms with Crippen molar-refractivity contribution in [2.24, 2.45) is 5.92 Å². The van der Waals surface area contributed by atoms with Crippen LogP contribution in [0.25, 0.3) is 11.6 Å². The molecule has 3 heterocycles. The van der Waals surface area contributed by atoms with Crippen molar-refractivity contribution in [2.75, 3.05) is 0 Å². The van der Waals surface area contributed by atoms with Gasteiger partial charge in [0.15, 0.2) is 16.7 Å². The Balaban J connectivity index is 2.03. The van der Waals surface area contributed by atoms with Crippen LogP contribution < -0.4 is 0 Å². The number of rotatable bonds is 2. The fourth-order valence-corrected chi connectivity index (χ4v) is 2.58. The molecule has 18 heavy (non-hydrogen) atoms. The van der Waals surface area contributed by atoms with E-state index < -0.39 is 5.97 Å². The molecule has 1 N–H and O–H groups in total. The number of furan rings is 1. The average molecular weight is 267 g/mol. The number of carboxylic acids is 1. The maximum atomic E-state index is 11.0. The van der Waals surface area contributed by atoms with E-state index in [2.05, 4.69) is 4.98 Å². The molecule has 0 saturated carbocycles. The van der Waals surface area contributed by atoms with Gasteiger partial charge in [-0.1, -0.05) is 11.6 Å². The Hall–Kier alpha value is -1.75. The third-order valence-electron chi connectivity index (χ3n) is 3.26. The van der Waals surface area contributed by atoms with E-state index in [1.807, 2.05) is 10.6 Å². The third-order valence-corrected chi connectivity index (χ3v) is 3.56. The maximum Gasteiger partial charge on any atom is 0.306 e. The van der Waals surface area contributed by atoms with Gasteiger partial charge in [0, 0.05) is 13.0 Å². The second-order valence-corrected chi connectivity index (χ2v) is 4.69. The highest BCUT2D eigenvalue weighted by atomic mass is 35.5. The zero-order chi connectivity index (χ0) is 12.7. The highest BCUT2D eigenvalue weighted by Crippen LogP contribution is 2.32. The molecule has 0 aromatic carbocycles. The predicted molar refractivity (Wildman–Crippen MR) is 64.4 cm³/mol. The highest BCUT2D eigenvalue weighted by Gasteiger charge is 2.29. The van der Waals surface area contributed by atoms with Gasteiger partial charge in [-0.3, -0.25) is 4.79 Å². The second-order valence-electron chi connectivity index (χ2n) is 4.33. The zero-order valence-corrected chi connectivity index (χ0v) is 10.2. The minimum absolute atomic E-state index is 0.368. The topological polar surface area (TPSA) is 68.3 Å². The minimum atomic E-state index is -0.780. The molecule has 3 rings (SSSR count). The molecule has 5 nitrogen and oxygen atoms in total. The number of aromatic nitrogens is 2. The first-order valence-electron chi connectivity index (χ1n) is 5.68. The lowest BCUT2D eigenvalue weighted by Crippen LogP contribution is -2.25. The summed E-state index contributed by atoms with van der Waals surface area (Å²) in [5.74, 6) is 0.162. The van der Waals surface area contributed by atoms with Crippen LogP contribution in [0.1, 0.15) is 12.1 Å². The summed E-state index contributed by atoms with van der Waals surface area (Å²) in [5.41, 5.74) is 0.779. The van der Waals surface area contributed by atoms with E-state index in [9.17, 15) is 4.79 Å². The number of carbonyl (C=O) groups is 1. The van der Waals surface area contributed by atoms with Crippen LogP contribution in [0.3, 0.4) is 0 Å². The summed E-state index contributed by atoms with van der Waals surface area (Å²) in [4.78, 5) is 15.3. The van der Waals surface area contributed by atoms with Crippen molar-refractivity contribution in [3.8, 4) is 11.6 Å². The van der Waals surface area contributed by atoms with E-state index in [1.54, 1.807) is 12.3 Å². The van der Waals surface area contributed by atoms with Crippen molar-refractivity contribution >= 4 is 17.6 Å². The fourth-order valence-electron chi connectivity index (χ4n) is 2.32. The van der Waals surface area contributed by atoms with Crippen molar-refractivity contribution in [3.05, 3.63) is 29.2 Å². The smallest absolute Gasteiger partial charge is 0.306 e. The minimum Gasteiger partial charge on any atom is -0.481 e. The molecule has 1 aliphatic rings. The molecule has 1 atom stereocenters. The highest BCUT2D eigenvalue weighted by molar-refractivity contribution is 6.30. The van der Waals surface area contributed by atoms with Crippen molar-refractivity contribution in [2.45, 2.75) is 19.4 Å². The Morgan fingerprint density at radius 2 is 2.44 bits per heavy atom. The number of aliphatic carboxylic acids is 1. The standard InChI is InChI=1S/C12H11ClN2O3/c13-10-8-6-7(12(16)17)3-4-15(8)11(14-10)9-2-1-5-18-9/h1-2,5,7H,3-4,6H2,(H,16,17). The first-order chi connectivity index (χ1) is 8.66. The summed E-state index contributed by atoms with van der Waals surface area (Å²) in [6.45, 7) is 0.599. The molecule has 2 aromatic heterocycles. The molecule has 0 radical (unpaired) electrons. The second kappa shape index (κ2) is 4.17. The summed E-state index contributed by atoms with van der Waals surface area (Å²) < 4.78 is 7.26. The van der Waals surface area contributed by atoms with Crippen LogP contribution in [-0.2, 0) is 17.8 Å². The summed E-state index contributed by atoms with van der Waals surface area (Å²) in [7, 11) is 0. The molecule has 1 unspecified atom stereocenters. The molecule has 0 saturated heterocycles. The molecule has 94 valence electrons. The molecule has 0 aliphatic carbocycles. The number of nitrogens with zero attached hydrogens (tertiary/aromatic N) is 2. The van der Waals surface area contributed by atoms with Gasteiger partial charge in [0.2, 0.25) is 0 Å². The number of carboxylic acid groups (broad SMARTS) is 1. The van der Waals surface area contributed by atoms with E-state index in [-0.39, 0.29) is 5.92 Å². The van der Waals surface area contributed by atoms with Crippen LogP contribution in [-0.4, -0.2) is 20.6 Å². The molecule has 6 heteroatoms. The van der Waals surface area contributed by atoms with Crippen LogP contribution in [0.5, 0.6) is 0 Å². The van der Waals surface area contributed by atoms with Crippen LogP contribution >= 0.6 is 11.6 Å². The van der Waals surface area contributed by atoms with Gasteiger partial charge in [-0.25, -0.2) is 4.98 Å². The van der Waals surface area contributed by atoms with Crippen molar-refractivity contribution in [1.82, 2.24) is 9.55 Å². The van der Waals surface area contributed by atoms with Crippen molar-refractivity contribution in [3.63, 3.8) is 0 Å². The summed E-state index contributed by atoms with van der Waals surface area (Å²) in [6.07, 6.45) is 2.58. The van der Waals surface area contributed by atoms with Crippen LogP contribution in [0.4, 0.5) is 0 Å². The molecule has 1 aliphatic heterocycles. The van der Waals surface area contributed by atoms with E-state index in [0.29, 0.717) is 36.1 Å². The van der Waals surface area contributed by atoms with E-state index in [4.69, 9.17) is 21.1 Å². The van der Waals surface area contributed by atoms with E-state index >= 15 is 0 Å². The van der Waals surface area contributed by atoms with Gasteiger partial charge in [0.05, 0.1) is 17.9 Å². The Bertz CT molecular complexity index is 589. The fraction of sp³-hybridized carbons (Fsp3) is 0.333. The van der Waals surface area contributed by atoms with Crippen molar-refractivity contribution < 1.29 is 14.3 Å². The zero-order valence-electron chi connectivity index (χ0n) is 9.47. The molecular formula is C12H11ClN2O3. The van der Waals surface area contributed by atoms with Crippen LogP contribution in [0, 0.1) is 5.92 Å². The Kier molecular flexibility index (Phi) is 2.63. The largest absolute Gasteiger partial charge is 0.481 e. The number of fused-ring (bicyclic) bond motifs is 1. The Labute approximate surface area is 108 Å². The first kappa shape index (κ1) is 11.3. The molecule has 2 aromatic rings. The summed E-state index contributed by atoms with van der Waals surface area (Å²) in [6, 6.07) is 3.60. The van der Waals surface area contributed by atoms with Crippen LogP contribution in [0.15, 0.2) is 22.8 Å². The van der Waals surface area contributed by atoms with Gasteiger partial charge in [-0.2, -0.15) is 0 Å². The number of imidazole rings is 1. The van der Waals surface area contributed by atoms with Gasteiger partial charge in [-0.15, -0.1) is 0 Å². The lowest BCUT2D eigenvalue weighted by atomic mass is 9.96. The van der Waals surface area contributed by atoms with Gasteiger partial charge >= 0.3 is 5.97 Å². The van der Waals surface area contributed by atoms with E-state index in [0.717, 1.165) is 5.69 Å². The van der Waals surface area contributed by atoms with Crippen molar-refractivity contribution in [1.29, 1.82) is 0 Å². The number of halogens is 1. The van der Waals surface area contributed by atoms with Gasteiger partial charge < -0.3 is 14.1 Å². The van der Waals surface area contributed by atoms with E-state index in [1.165, 1.54) is 0 Å². The maximum absolute atomic E-state index is 11.0. The lowest BCUT2D eigenvalue weighted by Gasteiger charge is -2.21. The number of hydrogen-bond acceptors (Lipinski definition) is 3. The SMILES string of the molecule is O=C(O)C1CCn2c(-c3ccco3)nc(Cl)c2C1.